The van der Waals surface area contributed by atoms with Crippen LogP contribution in [0, 0.1) is 0 Å². The van der Waals surface area contributed by atoms with Crippen LogP contribution in [0.5, 0.6) is 0 Å². The molecule has 154 valence electrons. The van der Waals surface area contributed by atoms with Crippen LogP contribution in [0.25, 0.3) is 0 Å². The summed E-state index contributed by atoms with van der Waals surface area (Å²) in [4.78, 5) is 39.0. The highest BCUT2D eigenvalue weighted by Crippen LogP contribution is 2.46. The summed E-state index contributed by atoms with van der Waals surface area (Å²) in [7, 11) is 2.50. The lowest BCUT2D eigenvalue weighted by molar-refractivity contribution is -0.162. The van der Waals surface area contributed by atoms with Crippen LogP contribution in [-0.4, -0.2) is 36.5 Å². The van der Waals surface area contributed by atoms with Crippen molar-refractivity contribution in [1.29, 1.82) is 0 Å². The number of rotatable bonds is 7. The van der Waals surface area contributed by atoms with Crippen LogP contribution >= 0.6 is 15.9 Å². The lowest BCUT2D eigenvalue weighted by Gasteiger charge is -2.23. The number of benzene rings is 1. The molecule has 0 spiro atoms. The summed E-state index contributed by atoms with van der Waals surface area (Å²) in [6.07, 6.45) is 2.67. The van der Waals surface area contributed by atoms with Crippen molar-refractivity contribution in [2.75, 3.05) is 14.2 Å². The van der Waals surface area contributed by atoms with Crippen molar-refractivity contribution >= 4 is 33.7 Å². The molecule has 7 heteroatoms. The molecule has 0 fully saturated rings. The van der Waals surface area contributed by atoms with Crippen molar-refractivity contribution in [2.45, 2.75) is 44.6 Å². The van der Waals surface area contributed by atoms with Crippen molar-refractivity contribution in [3.8, 4) is 0 Å². The third-order valence-corrected chi connectivity index (χ3v) is 6.37. The van der Waals surface area contributed by atoms with E-state index in [2.05, 4.69) is 22.9 Å². The monoisotopic (exact) mass is 461 g/mol. The third kappa shape index (κ3) is 3.31. The number of hydrogen-bond donors (Lipinski definition) is 0. The molecule has 0 N–H and O–H groups in total. The van der Waals surface area contributed by atoms with Gasteiger partial charge in [-0.3, -0.25) is 14.4 Å². The van der Waals surface area contributed by atoms with Crippen molar-refractivity contribution in [3.05, 3.63) is 57.3 Å². The number of unbranched alkanes of at least 4 members (excludes halogenated alkanes) is 1. The van der Waals surface area contributed by atoms with E-state index in [9.17, 15) is 14.4 Å². The van der Waals surface area contributed by atoms with Gasteiger partial charge in [0, 0.05) is 16.6 Å². The molecule has 1 aromatic heterocycles. The molecule has 2 aromatic rings. The number of nitrogens with zero attached hydrogens (tertiary/aromatic N) is 1. The number of carbonyl (C=O) groups excluding carboxylic acids is 3. The molecule has 0 atom stereocenters. The lowest BCUT2D eigenvalue weighted by Crippen LogP contribution is -2.44. The summed E-state index contributed by atoms with van der Waals surface area (Å²) in [6.45, 7) is 2.42. The molecular formula is C22H24BrNO5. The predicted molar refractivity (Wildman–Crippen MR) is 111 cm³/mol. The van der Waals surface area contributed by atoms with Crippen LogP contribution < -0.4 is 0 Å². The lowest BCUT2D eigenvalue weighted by atomic mass is 9.83. The van der Waals surface area contributed by atoms with Crippen molar-refractivity contribution in [3.63, 3.8) is 0 Å². The van der Waals surface area contributed by atoms with Gasteiger partial charge in [-0.05, 0) is 40.8 Å². The van der Waals surface area contributed by atoms with Crippen LogP contribution in [0.4, 0.5) is 0 Å². The first-order valence-corrected chi connectivity index (χ1v) is 10.4. The van der Waals surface area contributed by atoms with E-state index in [1.54, 1.807) is 16.7 Å². The molecule has 0 aliphatic carbocycles. The van der Waals surface area contributed by atoms with Gasteiger partial charge in [0.2, 0.25) is 11.2 Å². The van der Waals surface area contributed by atoms with E-state index in [0.29, 0.717) is 34.4 Å². The molecule has 1 aliphatic heterocycles. The Kier molecular flexibility index (Phi) is 6.27. The van der Waals surface area contributed by atoms with Crippen LogP contribution in [0.1, 0.15) is 53.5 Å². The minimum atomic E-state index is -1.58. The van der Waals surface area contributed by atoms with Gasteiger partial charge in [0.15, 0.2) is 0 Å². The van der Waals surface area contributed by atoms with E-state index in [0.717, 1.165) is 18.4 Å². The average molecular weight is 462 g/mol. The van der Waals surface area contributed by atoms with Crippen molar-refractivity contribution in [1.82, 2.24) is 4.57 Å². The van der Waals surface area contributed by atoms with E-state index in [1.165, 1.54) is 14.2 Å². The molecule has 0 amide bonds. The van der Waals surface area contributed by atoms with Crippen molar-refractivity contribution < 1.29 is 23.9 Å². The largest absolute Gasteiger partial charge is 0.468 e. The van der Waals surface area contributed by atoms with E-state index < -0.39 is 17.4 Å². The maximum atomic E-state index is 13.4. The smallest absolute Gasteiger partial charge is 0.329 e. The summed E-state index contributed by atoms with van der Waals surface area (Å²) >= 11 is 3.61. The molecule has 1 aliphatic rings. The van der Waals surface area contributed by atoms with Gasteiger partial charge in [0.05, 0.1) is 25.6 Å². The first-order chi connectivity index (χ1) is 13.9. The van der Waals surface area contributed by atoms with E-state index in [-0.39, 0.29) is 12.2 Å². The van der Waals surface area contributed by atoms with Crippen LogP contribution in [0.3, 0.4) is 0 Å². The Morgan fingerprint density at radius 1 is 1.10 bits per heavy atom. The van der Waals surface area contributed by atoms with Gasteiger partial charge in [-0.1, -0.05) is 43.7 Å². The zero-order valence-electron chi connectivity index (χ0n) is 16.8. The van der Waals surface area contributed by atoms with Gasteiger partial charge in [0.25, 0.3) is 0 Å². The second-order valence-electron chi connectivity index (χ2n) is 7.08. The highest BCUT2D eigenvalue weighted by molar-refractivity contribution is 9.10. The third-order valence-electron chi connectivity index (χ3n) is 5.51. The zero-order chi connectivity index (χ0) is 21.2. The first kappa shape index (κ1) is 21.3. The highest BCUT2D eigenvalue weighted by Gasteiger charge is 2.57. The molecular weight excluding hydrogens is 438 g/mol. The van der Waals surface area contributed by atoms with E-state index in [1.807, 2.05) is 18.2 Å². The Balaban J connectivity index is 2.27. The van der Waals surface area contributed by atoms with E-state index in [4.69, 9.17) is 9.47 Å². The number of fused-ring (bicyclic) bond motifs is 1. The van der Waals surface area contributed by atoms with Crippen molar-refractivity contribution in [2.24, 2.45) is 0 Å². The molecule has 0 bridgehead atoms. The quantitative estimate of drug-likeness (QED) is 0.356. The first-order valence-electron chi connectivity index (χ1n) is 9.61. The Morgan fingerprint density at radius 3 is 2.28 bits per heavy atom. The zero-order valence-corrected chi connectivity index (χ0v) is 18.4. The Labute approximate surface area is 178 Å². The van der Waals surface area contributed by atoms with E-state index >= 15 is 0 Å². The Bertz CT molecular complexity index is 932. The van der Waals surface area contributed by atoms with Gasteiger partial charge < -0.3 is 14.0 Å². The number of hydrogen-bond acceptors (Lipinski definition) is 5. The normalized spacial score (nSPS) is 14.3. The summed E-state index contributed by atoms with van der Waals surface area (Å²) in [5, 5.41) is 0. The Morgan fingerprint density at radius 2 is 1.72 bits per heavy atom. The fourth-order valence-corrected chi connectivity index (χ4v) is 5.01. The van der Waals surface area contributed by atoms with Crippen LogP contribution in [0.2, 0.25) is 0 Å². The molecule has 0 saturated heterocycles. The van der Waals surface area contributed by atoms with Gasteiger partial charge >= 0.3 is 11.9 Å². The van der Waals surface area contributed by atoms with Gasteiger partial charge in [-0.25, -0.2) is 0 Å². The summed E-state index contributed by atoms with van der Waals surface area (Å²) in [6, 6.07) is 9.02. The maximum absolute atomic E-state index is 13.4. The van der Waals surface area contributed by atoms with Gasteiger partial charge in [-0.2, -0.15) is 0 Å². The summed E-state index contributed by atoms with van der Waals surface area (Å²) < 4.78 is 12.4. The number of methoxy groups -OCH3 is 2. The second-order valence-corrected chi connectivity index (χ2v) is 7.87. The molecule has 0 radical (unpaired) electrons. The number of esters is 2. The molecule has 6 nitrogen and oxygen atoms in total. The number of ketones is 1. The minimum absolute atomic E-state index is 0.130. The molecule has 0 unspecified atom stereocenters. The SMILES string of the molecule is CCCCc1c(Br)c2n(c1C(=O)c1ccccc1)CCC2(C(=O)OC)C(=O)OC. The maximum Gasteiger partial charge on any atom is 0.329 e. The number of aromatic nitrogens is 1. The van der Waals surface area contributed by atoms with Crippen LogP contribution in [0.15, 0.2) is 34.8 Å². The average Bonchev–Trinajstić information content (AvgIpc) is 3.28. The predicted octanol–water partition coefficient (Wildman–Crippen LogP) is 3.81. The molecule has 2 heterocycles. The van der Waals surface area contributed by atoms with Crippen LogP contribution in [-0.2, 0) is 37.4 Å². The molecule has 3 rings (SSSR count). The number of ether oxygens (including phenoxy) is 2. The standard InChI is InChI=1S/C22H24BrNO5/c1-4-5-11-15-16(23)19-22(20(26)28-2,21(27)29-3)12-13-24(19)17(15)18(25)14-9-7-6-8-10-14/h6-10H,4-5,11-13H2,1-3H3. The fourth-order valence-electron chi connectivity index (χ4n) is 4.08. The van der Waals surface area contributed by atoms with Gasteiger partial charge in [0.1, 0.15) is 0 Å². The highest BCUT2D eigenvalue weighted by atomic mass is 79.9. The summed E-state index contributed by atoms with van der Waals surface area (Å²) in [5.74, 6) is -1.49. The molecule has 0 saturated carbocycles. The molecule has 29 heavy (non-hydrogen) atoms. The topological polar surface area (TPSA) is 74.6 Å². The Hall–Kier alpha value is -2.41. The fraction of sp³-hybridized carbons (Fsp3) is 0.409. The summed E-state index contributed by atoms with van der Waals surface area (Å²) in [5.41, 5.74) is 0.750. The minimum Gasteiger partial charge on any atom is -0.468 e. The second kappa shape index (κ2) is 8.53. The van der Waals surface area contributed by atoms with Gasteiger partial charge in [-0.15, -0.1) is 0 Å². The number of carbonyl (C=O) groups is 3. The molecule has 1 aromatic carbocycles. The number of halogens is 1.